The Morgan fingerprint density at radius 1 is 1.15 bits per heavy atom. The first kappa shape index (κ1) is 12.4. The van der Waals surface area contributed by atoms with E-state index in [0.29, 0.717) is 11.4 Å². The Bertz CT molecular complexity index is 747. The van der Waals surface area contributed by atoms with Gasteiger partial charge in [0.2, 0.25) is 0 Å². The Kier molecular flexibility index (Phi) is 3.18. The van der Waals surface area contributed by atoms with Crippen LogP contribution in [0.5, 0.6) is 0 Å². The van der Waals surface area contributed by atoms with Crippen LogP contribution in [-0.2, 0) is 6.61 Å². The number of para-hydroxylation sites is 1. The average Bonchev–Trinajstić information content (AvgIpc) is 2.91. The number of rotatable bonds is 3. The van der Waals surface area contributed by atoms with Gasteiger partial charge in [-0.05, 0) is 29.8 Å². The highest BCUT2D eigenvalue weighted by Crippen LogP contribution is 2.20. The van der Waals surface area contributed by atoms with E-state index in [1.807, 2.05) is 24.3 Å². The summed E-state index contributed by atoms with van der Waals surface area (Å²) in [5, 5.41) is 19.6. The van der Waals surface area contributed by atoms with Crippen LogP contribution in [0, 0.1) is 0 Å². The smallest absolute Gasteiger partial charge is 0.256 e. The van der Waals surface area contributed by atoms with Gasteiger partial charge in [0.25, 0.3) is 5.91 Å². The van der Waals surface area contributed by atoms with Gasteiger partial charge in [-0.3, -0.25) is 9.89 Å². The molecule has 0 aliphatic carbocycles. The van der Waals surface area contributed by atoms with Crippen molar-refractivity contribution in [2.24, 2.45) is 0 Å². The monoisotopic (exact) mass is 267 g/mol. The van der Waals surface area contributed by atoms with Gasteiger partial charge < -0.3 is 10.4 Å². The first-order valence-corrected chi connectivity index (χ1v) is 6.22. The fraction of sp³-hybridized carbons (Fsp3) is 0.0667. The van der Waals surface area contributed by atoms with Crippen LogP contribution in [-0.4, -0.2) is 21.2 Å². The fourth-order valence-electron chi connectivity index (χ4n) is 2.00. The van der Waals surface area contributed by atoms with Crippen molar-refractivity contribution >= 4 is 22.6 Å². The van der Waals surface area contributed by atoms with E-state index >= 15 is 0 Å². The molecule has 1 aromatic heterocycles. The standard InChI is InChI=1S/C15H13N3O2/c19-9-10-5-7-11(8-6-10)15(20)16-14-12-3-1-2-4-13(12)17-18-14/h1-8,19H,9H2,(H2,16,17,18,20). The number of carbonyl (C=O) groups excluding carboxylic acids is 1. The van der Waals surface area contributed by atoms with E-state index in [1.54, 1.807) is 24.3 Å². The summed E-state index contributed by atoms with van der Waals surface area (Å²) in [6.45, 7) is -0.0358. The molecule has 100 valence electrons. The number of aromatic nitrogens is 2. The van der Waals surface area contributed by atoms with Crippen LogP contribution in [0.4, 0.5) is 5.82 Å². The molecule has 3 rings (SSSR count). The third-order valence-corrected chi connectivity index (χ3v) is 3.10. The van der Waals surface area contributed by atoms with Gasteiger partial charge >= 0.3 is 0 Å². The van der Waals surface area contributed by atoms with Gasteiger partial charge in [0.1, 0.15) is 0 Å². The number of fused-ring (bicyclic) bond motifs is 1. The maximum Gasteiger partial charge on any atom is 0.256 e. The molecule has 0 saturated carbocycles. The van der Waals surface area contributed by atoms with Gasteiger partial charge in [0.05, 0.1) is 12.1 Å². The van der Waals surface area contributed by atoms with Crippen molar-refractivity contribution in [1.29, 1.82) is 0 Å². The lowest BCUT2D eigenvalue weighted by atomic mass is 10.1. The summed E-state index contributed by atoms with van der Waals surface area (Å²) in [6, 6.07) is 14.4. The van der Waals surface area contributed by atoms with Crippen molar-refractivity contribution in [3.63, 3.8) is 0 Å². The van der Waals surface area contributed by atoms with E-state index < -0.39 is 0 Å². The highest BCUT2D eigenvalue weighted by molar-refractivity contribution is 6.07. The van der Waals surface area contributed by atoms with E-state index in [1.165, 1.54) is 0 Å². The summed E-state index contributed by atoms with van der Waals surface area (Å²) in [5.74, 6) is 0.281. The molecule has 1 heterocycles. The molecule has 3 aromatic rings. The second kappa shape index (κ2) is 5.14. The first-order valence-electron chi connectivity index (χ1n) is 6.22. The maximum atomic E-state index is 12.1. The minimum Gasteiger partial charge on any atom is -0.392 e. The van der Waals surface area contributed by atoms with Gasteiger partial charge in [-0.1, -0.05) is 24.3 Å². The molecule has 0 saturated heterocycles. The van der Waals surface area contributed by atoms with Gasteiger partial charge in [0, 0.05) is 10.9 Å². The van der Waals surface area contributed by atoms with Gasteiger partial charge in [-0.15, -0.1) is 0 Å². The minimum absolute atomic E-state index is 0.0358. The lowest BCUT2D eigenvalue weighted by Crippen LogP contribution is -2.12. The summed E-state index contributed by atoms with van der Waals surface area (Å²) >= 11 is 0. The number of anilines is 1. The highest BCUT2D eigenvalue weighted by atomic mass is 16.3. The van der Waals surface area contributed by atoms with Crippen molar-refractivity contribution in [3.8, 4) is 0 Å². The molecule has 0 bridgehead atoms. The number of aromatic amines is 1. The fourth-order valence-corrected chi connectivity index (χ4v) is 2.00. The molecule has 2 aromatic carbocycles. The first-order chi connectivity index (χ1) is 9.78. The number of aliphatic hydroxyl groups excluding tert-OH is 1. The van der Waals surface area contributed by atoms with E-state index in [4.69, 9.17) is 5.11 Å². The zero-order chi connectivity index (χ0) is 13.9. The molecule has 0 atom stereocenters. The Morgan fingerprint density at radius 2 is 1.90 bits per heavy atom. The summed E-state index contributed by atoms with van der Waals surface area (Å²) in [7, 11) is 0. The van der Waals surface area contributed by atoms with Gasteiger partial charge in [-0.25, -0.2) is 0 Å². The van der Waals surface area contributed by atoms with Gasteiger partial charge in [-0.2, -0.15) is 5.10 Å². The van der Waals surface area contributed by atoms with Crippen molar-refractivity contribution < 1.29 is 9.90 Å². The molecule has 0 fully saturated rings. The Labute approximate surface area is 115 Å². The number of hydrogen-bond acceptors (Lipinski definition) is 3. The molecule has 0 spiro atoms. The molecule has 0 radical (unpaired) electrons. The SMILES string of the molecule is O=C(Nc1n[nH]c2ccccc12)c1ccc(CO)cc1. The number of H-pyrrole nitrogens is 1. The molecule has 1 amide bonds. The number of carbonyl (C=O) groups is 1. The second-order valence-corrected chi connectivity index (χ2v) is 4.43. The quantitative estimate of drug-likeness (QED) is 0.681. The average molecular weight is 267 g/mol. The summed E-state index contributed by atoms with van der Waals surface area (Å²) < 4.78 is 0. The predicted molar refractivity (Wildman–Crippen MR) is 76.4 cm³/mol. The summed E-state index contributed by atoms with van der Waals surface area (Å²) in [4.78, 5) is 12.1. The van der Waals surface area contributed by atoms with Crippen molar-refractivity contribution in [2.75, 3.05) is 5.32 Å². The molecule has 3 N–H and O–H groups in total. The molecular formula is C15H13N3O2. The summed E-state index contributed by atoms with van der Waals surface area (Å²) in [6.07, 6.45) is 0. The number of nitrogens with zero attached hydrogens (tertiary/aromatic N) is 1. The summed E-state index contributed by atoms with van der Waals surface area (Å²) in [5.41, 5.74) is 2.17. The maximum absolute atomic E-state index is 12.1. The van der Waals surface area contributed by atoms with E-state index in [-0.39, 0.29) is 12.5 Å². The van der Waals surface area contributed by atoms with Crippen LogP contribution in [0.2, 0.25) is 0 Å². The largest absolute Gasteiger partial charge is 0.392 e. The van der Waals surface area contributed by atoms with Crippen LogP contribution in [0.1, 0.15) is 15.9 Å². The van der Waals surface area contributed by atoms with Crippen LogP contribution in [0.25, 0.3) is 10.9 Å². The van der Waals surface area contributed by atoms with Crippen molar-refractivity contribution in [2.45, 2.75) is 6.61 Å². The Morgan fingerprint density at radius 3 is 2.65 bits per heavy atom. The van der Waals surface area contributed by atoms with E-state index in [9.17, 15) is 4.79 Å². The van der Waals surface area contributed by atoms with Crippen molar-refractivity contribution in [1.82, 2.24) is 10.2 Å². The van der Waals surface area contributed by atoms with Crippen LogP contribution < -0.4 is 5.32 Å². The van der Waals surface area contributed by atoms with E-state index in [0.717, 1.165) is 16.5 Å². The molecule has 0 unspecified atom stereocenters. The number of nitrogens with one attached hydrogen (secondary N) is 2. The molecule has 20 heavy (non-hydrogen) atoms. The lowest BCUT2D eigenvalue weighted by Gasteiger charge is -2.03. The number of amides is 1. The molecule has 0 aliphatic rings. The topological polar surface area (TPSA) is 78.0 Å². The van der Waals surface area contributed by atoms with Crippen LogP contribution >= 0.6 is 0 Å². The number of aliphatic hydroxyl groups is 1. The zero-order valence-corrected chi connectivity index (χ0v) is 10.6. The normalized spacial score (nSPS) is 10.7. The lowest BCUT2D eigenvalue weighted by molar-refractivity contribution is 0.102. The molecule has 5 nitrogen and oxygen atoms in total. The molecule has 5 heteroatoms. The van der Waals surface area contributed by atoms with Gasteiger partial charge in [0.15, 0.2) is 5.82 Å². The number of hydrogen-bond donors (Lipinski definition) is 3. The second-order valence-electron chi connectivity index (χ2n) is 4.43. The Balaban J connectivity index is 1.84. The van der Waals surface area contributed by atoms with E-state index in [2.05, 4.69) is 15.5 Å². The minimum atomic E-state index is -0.230. The molecule has 0 aliphatic heterocycles. The number of benzene rings is 2. The van der Waals surface area contributed by atoms with Crippen LogP contribution in [0.3, 0.4) is 0 Å². The molecular weight excluding hydrogens is 254 g/mol. The zero-order valence-electron chi connectivity index (χ0n) is 10.6. The van der Waals surface area contributed by atoms with Crippen LogP contribution in [0.15, 0.2) is 48.5 Å². The third-order valence-electron chi connectivity index (χ3n) is 3.10. The highest BCUT2D eigenvalue weighted by Gasteiger charge is 2.10. The van der Waals surface area contributed by atoms with Crippen molar-refractivity contribution in [3.05, 3.63) is 59.7 Å². The third kappa shape index (κ3) is 2.26. The Hall–Kier alpha value is -2.66. The predicted octanol–water partition coefficient (Wildman–Crippen LogP) is 2.31.